The van der Waals surface area contributed by atoms with Gasteiger partial charge in [-0.1, -0.05) is 6.08 Å². The number of anilines is 2. The Bertz CT molecular complexity index is 1200. The maximum absolute atomic E-state index is 15.3. The van der Waals surface area contributed by atoms with Gasteiger partial charge in [-0.15, -0.1) is 0 Å². The molecule has 2 aromatic rings. The number of carbonyl (C=O) groups is 1. The lowest BCUT2D eigenvalue weighted by molar-refractivity contribution is -0.138. The SMILES string of the molecule is CC1CN(c2cc(F)c(C3=CCNCC3)cc2NC(=O)c2c[nH]c(=O)cc2C(F)(F)F)CC(C)N1. The van der Waals surface area contributed by atoms with Crippen LogP contribution in [-0.2, 0) is 6.18 Å². The monoisotopic (exact) mass is 493 g/mol. The fourth-order valence-corrected chi connectivity index (χ4v) is 4.64. The van der Waals surface area contributed by atoms with Gasteiger partial charge in [-0.3, -0.25) is 9.59 Å². The molecule has 7 nitrogen and oxygen atoms in total. The summed E-state index contributed by atoms with van der Waals surface area (Å²) in [6.07, 6.45) is -1.73. The lowest BCUT2D eigenvalue weighted by Gasteiger charge is -2.38. The predicted molar refractivity (Wildman–Crippen MR) is 126 cm³/mol. The van der Waals surface area contributed by atoms with Crippen molar-refractivity contribution in [2.24, 2.45) is 0 Å². The van der Waals surface area contributed by atoms with E-state index in [1.54, 1.807) is 0 Å². The highest BCUT2D eigenvalue weighted by atomic mass is 19.4. The van der Waals surface area contributed by atoms with E-state index in [2.05, 4.69) is 20.9 Å². The molecule has 2 unspecified atom stereocenters. The van der Waals surface area contributed by atoms with Crippen LogP contribution in [-0.4, -0.2) is 49.2 Å². The van der Waals surface area contributed by atoms with Crippen LogP contribution in [0, 0.1) is 5.82 Å². The van der Waals surface area contributed by atoms with Crippen molar-refractivity contribution in [1.29, 1.82) is 0 Å². The van der Waals surface area contributed by atoms with Gasteiger partial charge in [-0.2, -0.15) is 13.2 Å². The Balaban J connectivity index is 1.78. The average Bonchev–Trinajstić information content (AvgIpc) is 2.79. The highest BCUT2D eigenvalue weighted by Crippen LogP contribution is 2.36. The van der Waals surface area contributed by atoms with Gasteiger partial charge in [0.25, 0.3) is 5.91 Å². The van der Waals surface area contributed by atoms with Gasteiger partial charge >= 0.3 is 6.18 Å². The van der Waals surface area contributed by atoms with Crippen molar-refractivity contribution in [3.8, 4) is 0 Å². The normalized spacial score (nSPS) is 21.0. The molecule has 1 saturated heterocycles. The molecule has 2 aliphatic heterocycles. The van der Waals surface area contributed by atoms with Gasteiger partial charge < -0.3 is 25.8 Å². The number of rotatable bonds is 4. The molecule has 2 aliphatic rings. The largest absolute Gasteiger partial charge is 0.417 e. The first-order valence-electron chi connectivity index (χ1n) is 11.4. The minimum Gasteiger partial charge on any atom is -0.367 e. The van der Waals surface area contributed by atoms with E-state index in [1.807, 2.05) is 24.8 Å². The van der Waals surface area contributed by atoms with Crippen molar-refractivity contribution in [1.82, 2.24) is 15.6 Å². The van der Waals surface area contributed by atoms with Crippen LogP contribution in [0.15, 0.2) is 35.3 Å². The standard InChI is InChI=1S/C24H27F4N5O2/c1-13-11-33(12-14(2)31-13)21-9-19(25)16(15-3-5-29-6-4-15)7-20(21)32-23(35)17-10-30-22(34)8-18(17)24(26,27)28/h3,7-10,13-14,29,31H,4-6,11-12H2,1-2H3,(H,30,34)(H,32,35). The number of aromatic amines is 1. The second-order valence-electron chi connectivity index (χ2n) is 8.98. The van der Waals surface area contributed by atoms with Crippen LogP contribution >= 0.6 is 0 Å². The van der Waals surface area contributed by atoms with Crippen LogP contribution in [0.1, 0.15) is 41.8 Å². The molecule has 3 heterocycles. The minimum absolute atomic E-state index is 0.0770. The van der Waals surface area contributed by atoms with E-state index in [-0.39, 0.29) is 17.8 Å². The predicted octanol–water partition coefficient (Wildman–Crippen LogP) is 3.35. The van der Waals surface area contributed by atoms with Crippen molar-refractivity contribution < 1.29 is 22.4 Å². The number of benzene rings is 1. The topological polar surface area (TPSA) is 89.3 Å². The Morgan fingerprint density at radius 1 is 1.14 bits per heavy atom. The third kappa shape index (κ3) is 5.57. The number of amides is 1. The number of H-pyrrole nitrogens is 1. The van der Waals surface area contributed by atoms with E-state index in [0.29, 0.717) is 49.9 Å². The van der Waals surface area contributed by atoms with Gasteiger partial charge in [-0.05, 0) is 44.5 Å². The van der Waals surface area contributed by atoms with Gasteiger partial charge in [0.1, 0.15) is 5.82 Å². The number of alkyl halides is 3. The van der Waals surface area contributed by atoms with Gasteiger partial charge in [0.05, 0.1) is 22.5 Å². The first-order valence-corrected chi connectivity index (χ1v) is 11.4. The lowest BCUT2D eigenvalue weighted by Crippen LogP contribution is -2.54. The molecule has 2 atom stereocenters. The summed E-state index contributed by atoms with van der Waals surface area (Å²) >= 11 is 0. The van der Waals surface area contributed by atoms with Crippen LogP contribution in [0.4, 0.5) is 28.9 Å². The summed E-state index contributed by atoms with van der Waals surface area (Å²) in [6, 6.07) is 3.32. The number of pyridine rings is 1. The smallest absolute Gasteiger partial charge is 0.367 e. The fourth-order valence-electron chi connectivity index (χ4n) is 4.64. The van der Waals surface area contributed by atoms with Crippen LogP contribution in [0.5, 0.6) is 0 Å². The third-order valence-corrected chi connectivity index (χ3v) is 6.12. The molecule has 4 rings (SSSR count). The number of carbonyl (C=O) groups excluding carboxylic acids is 1. The Morgan fingerprint density at radius 3 is 2.49 bits per heavy atom. The van der Waals surface area contributed by atoms with Gasteiger partial charge in [0.15, 0.2) is 0 Å². The Labute approximate surface area is 199 Å². The molecule has 0 saturated carbocycles. The van der Waals surface area contributed by atoms with E-state index < -0.39 is 34.6 Å². The highest BCUT2D eigenvalue weighted by molar-refractivity contribution is 6.07. The van der Waals surface area contributed by atoms with Crippen LogP contribution < -0.4 is 26.4 Å². The second kappa shape index (κ2) is 9.82. The first kappa shape index (κ1) is 24.9. The van der Waals surface area contributed by atoms with Crippen molar-refractivity contribution in [2.75, 3.05) is 36.4 Å². The van der Waals surface area contributed by atoms with Crippen LogP contribution in [0.3, 0.4) is 0 Å². The van der Waals surface area contributed by atoms with E-state index >= 15 is 4.39 Å². The number of halogens is 4. The zero-order chi connectivity index (χ0) is 25.3. The zero-order valence-electron chi connectivity index (χ0n) is 19.4. The highest BCUT2D eigenvalue weighted by Gasteiger charge is 2.36. The quantitative estimate of drug-likeness (QED) is 0.491. The number of piperazine rings is 1. The molecular weight excluding hydrogens is 466 g/mol. The Morgan fingerprint density at radius 2 is 1.86 bits per heavy atom. The average molecular weight is 494 g/mol. The molecule has 0 spiro atoms. The summed E-state index contributed by atoms with van der Waals surface area (Å²) < 4.78 is 55.9. The second-order valence-corrected chi connectivity index (χ2v) is 8.98. The molecular formula is C24H27F4N5O2. The molecule has 1 fully saturated rings. The van der Waals surface area contributed by atoms with Crippen molar-refractivity contribution in [2.45, 2.75) is 38.5 Å². The maximum atomic E-state index is 15.3. The number of aromatic nitrogens is 1. The number of hydrogen-bond acceptors (Lipinski definition) is 5. The molecule has 188 valence electrons. The molecule has 1 aromatic carbocycles. The van der Waals surface area contributed by atoms with Crippen LogP contribution in [0.25, 0.3) is 5.57 Å². The van der Waals surface area contributed by atoms with E-state index in [9.17, 15) is 22.8 Å². The molecule has 0 bridgehead atoms. The van der Waals surface area contributed by atoms with Crippen molar-refractivity contribution >= 4 is 22.9 Å². The summed E-state index contributed by atoms with van der Waals surface area (Å²) in [5.41, 5.74) is -1.41. The number of nitrogens with zero attached hydrogens (tertiary/aromatic N) is 1. The van der Waals surface area contributed by atoms with Crippen molar-refractivity contribution in [3.63, 3.8) is 0 Å². The summed E-state index contributed by atoms with van der Waals surface area (Å²) in [6.45, 7) is 6.21. The number of nitrogens with one attached hydrogen (secondary N) is 4. The minimum atomic E-state index is -4.90. The summed E-state index contributed by atoms with van der Waals surface area (Å²) in [7, 11) is 0. The first-order chi connectivity index (χ1) is 16.5. The summed E-state index contributed by atoms with van der Waals surface area (Å²) in [5.74, 6) is -1.52. The maximum Gasteiger partial charge on any atom is 0.417 e. The van der Waals surface area contributed by atoms with E-state index in [1.165, 1.54) is 12.1 Å². The fraction of sp³-hybridized carbons (Fsp3) is 0.417. The lowest BCUT2D eigenvalue weighted by atomic mass is 9.97. The van der Waals surface area contributed by atoms with E-state index in [0.717, 1.165) is 11.8 Å². The van der Waals surface area contributed by atoms with Gasteiger partial charge in [0, 0.05) is 49.5 Å². The molecule has 35 heavy (non-hydrogen) atoms. The summed E-state index contributed by atoms with van der Waals surface area (Å²) in [5, 5.41) is 9.09. The van der Waals surface area contributed by atoms with Crippen molar-refractivity contribution in [3.05, 3.63) is 63.3 Å². The molecule has 1 aromatic heterocycles. The van der Waals surface area contributed by atoms with Gasteiger partial charge in [-0.25, -0.2) is 4.39 Å². The zero-order valence-corrected chi connectivity index (χ0v) is 19.4. The summed E-state index contributed by atoms with van der Waals surface area (Å²) in [4.78, 5) is 28.6. The number of hydrogen-bond donors (Lipinski definition) is 4. The molecule has 0 aliphatic carbocycles. The third-order valence-electron chi connectivity index (χ3n) is 6.12. The molecule has 4 N–H and O–H groups in total. The molecule has 1 amide bonds. The molecule has 0 radical (unpaired) electrons. The van der Waals surface area contributed by atoms with Crippen LogP contribution in [0.2, 0.25) is 0 Å². The van der Waals surface area contributed by atoms with Gasteiger partial charge in [0.2, 0.25) is 5.56 Å². The van der Waals surface area contributed by atoms with E-state index in [4.69, 9.17) is 0 Å². The Hall–Kier alpha value is -3.18. The molecule has 11 heteroatoms. The Kier molecular flexibility index (Phi) is 7.00.